The van der Waals surface area contributed by atoms with Crippen molar-refractivity contribution in [2.45, 2.75) is 32.9 Å². The van der Waals surface area contributed by atoms with Gasteiger partial charge in [0, 0.05) is 32.5 Å². The molecule has 0 aliphatic carbocycles. The maximum atomic E-state index is 10.0. The van der Waals surface area contributed by atoms with Gasteiger partial charge in [0.2, 0.25) is 0 Å². The van der Waals surface area contributed by atoms with Gasteiger partial charge in [0.1, 0.15) is 0 Å². The van der Waals surface area contributed by atoms with E-state index in [0.29, 0.717) is 6.54 Å². The zero-order valence-electron chi connectivity index (χ0n) is 10.1. The van der Waals surface area contributed by atoms with Crippen LogP contribution >= 0.6 is 0 Å². The Morgan fingerprint density at radius 2 is 2.20 bits per heavy atom. The Balaban J connectivity index is 2.33. The van der Waals surface area contributed by atoms with E-state index in [9.17, 15) is 5.11 Å². The molecule has 15 heavy (non-hydrogen) atoms. The summed E-state index contributed by atoms with van der Waals surface area (Å²) < 4.78 is 2.03. The first-order chi connectivity index (χ1) is 6.92. The summed E-state index contributed by atoms with van der Waals surface area (Å²) in [5.74, 6) is 0.265. The molecule has 0 spiro atoms. The highest BCUT2D eigenvalue weighted by molar-refractivity contribution is 5.09. The van der Waals surface area contributed by atoms with Gasteiger partial charge in [0.15, 0.2) is 0 Å². The number of aliphatic hydroxyl groups is 1. The molecule has 0 aliphatic heterocycles. The monoisotopic (exact) mass is 210 g/mol. The maximum Gasteiger partial charge on any atom is 0.0766 e. The average molecular weight is 210 g/mol. The number of rotatable bonds is 5. The van der Waals surface area contributed by atoms with E-state index in [4.69, 9.17) is 0 Å². The minimum Gasteiger partial charge on any atom is -0.389 e. The van der Waals surface area contributed by atoms with E-state index in [2.05, 4.69) is 17.6 Å². The molecule has 0 fully saturated rings. The molecule has 0 amide bonds. The lowest BCUT2D eigenvalue weighted by molar-refractivity contribution is 0.0140. The van der Waals surface area contributed by atoms with Gasteiger partial charge in [-0.2, -0.15) is 0 Å². The summed E-state index contributed by atoms with van der Waals surface area (Å²) in [6.07, 6.45) is 4.11. The van der Waals surface area contributed by atoms with Crippen molar-refractivity contribution in [3.63, 3.8) is 0 Å². The lowest BCUT2D eigenvalue weighted by atomic mass is 9.92. The Morgan fingerprint density at radius 1 is 1.53 bits per heavy atom. The number of aromatic nitrogens is 1. The minimum atomic E-state index is -0.630. The summed E-state index contributed by atoms with van der Waals surface area (Å²) >= 11 is 0. The van der Waals surface area contributed by atoms with E-state index < -0.39 is 5.60 Å². The highest BCUT2D eigenvalue weighted by Crippen LogP contribution is 2.14. The van der Waals surface area contributed by atoms with Gasteiger partial charge in [-0.3, -0.25) is 0 Å². The molecule has 2 N–H and O–H groups in total. The number of hydrogen-bond donors (Lipinski definition) is 2. The molecule has 86 valence electrons. The van der Waals surface area contributed by atoms with Crippen molar-refractivity contribution in [1.29, 1.82) is 0 Å². The molecule has 0 saturated carbocycles. The van der Waals surface area contributed by atoms with Gasteiger partial charge in [-0.1, -0.05) is 13.8 Å². The molecular weight excluding hydrogens is 188 g/mol. The van der Waals surface area contributed by atoms with Gasteiger partial charge >= 0.3 is 0 Å². The van der Waals surface area contributed by atoms with E-state index in [1.165, 1.54) is 5.56 Å². The molecule has 1 unspecified atom stereocenters. The predicted molar refractivity (Wildman–Crippen MR) is 62.6 cm³/mol. The van der Waals surface area contributed by atoms with E-state index >= 15 is 0 Å². The van der Waals surface area contributed by atoms with Crippen molar-refractivity contribution in [2.75, 3.05) is 6.54 Å². The van der Waals surface area contributed by atoms with E-state index in [1.807, 2.05) is 38.6 Å². The molecule has 1 heterocycles. The van der Waals surface area contributed by atoms with Crippen LogP contribution in [0.4, 0.5) is 0 Å². The van der Waals surface area contributed by atoms with Crippen LogP contribution in [0.15, 0.2) is 18.5 Å². The SMILES string of the molecule is CC(C)C(C)(O)CNCc1ccn(C)c1. The maximum absolute atomic E-state index is 10.0. The van der Waals surface area contributed by atoms with Gasteiger partial charge in [-0.05, 0) is 24.5 Å². The van der Waals surface area contributed by atoms with Crippen LogP contribution in [-0.4, -0.2) is 21.8 Å². The van der Waals surface area contributed by atoms with E-state index in [1.54, 1.807) is 0 Å². The van der Waals surface area contributed by atoms with Crippen LogP contribution in [0.5, 0.6) is 0 Å². The van der Waals surface area contributed by atoms with Crippen LogP contribution in [0.1, 0.15) is 26.3 Å². The molecule has 1 atom stereocenters. The zero-order valence-corrected chi connectivity index (χ0v) is 10.1. The topological polar surface area (TPSA) is 37.2 Å². The van der Waals surface area contributed by atoms with Crippen LogP contribution in [0, 0.1) is 5.92 Å². The van der Waals surface area contributed by atoms with Crippen LogP contribution in [0.2, 0.25) is 0 Å². The van der Waals surface area contributed by atoms with Gasteiger partial charge in [0.05, 0.1) is 5.60 Å². The second kappa shape index (κ2) is 4.81. The largest absolute Gasteiger partial charge is 0.389 e. The van der Waals surface area contributed by atoms with E-state index in [-0.39, 0.29) is 5.92 Å². The van der Waals surface area contributed by atoms with Crippen LogP contribution < -0.4 is 5.32 Å². The molecule has 0 aromatic carbocycles. The second-order valence-electron chi connectivity index (χ2n) is 4.80. The molecule has 1 rings (SSSR count). The normalized spacial score (nSPS) is 15.6. The molecule has 3 nitrogen and oxygen atoms in total. The van der Waals surface area contributed by atoms with Gasteiger partial charge in [-0.25, -0.2) is 0 Å². The fraction of sp³-hybridized carbons (Fsp3) is 0.667. The highest BCUT2D eigenvalue weighted by Gasteiger charge is 2.23. The molecule has 1 aromatic heterocycles. The van der Waals surface area contributed by atoms with Crippen molar-refractivity contribution >= 4 is 0 Å². The molecule has 1 aromatic rings. The summed E-state index contributed by atoms with van der Waals surface area (Å²) in [5, 5.41) is 13.3. The Bertz CT molecular complexity index is 302. The molecular formula is C12H22N2O. The standard InChI is InChI=1S/C12H22N2O/c1-10(2)12(3,15)9-13-7-11-5-6-14(4)8-11/h5-6,8,10,13,15H,7,9H2,1-4H3. The van der Waals surface area contributed by atoms with Gasteiger partial charge in [-0.15, -0.1) is 0 Å². The number of nitrogens with one attached hydrogen (secondary N) is 1. The second-order valence-corrected chi connectivity index (χ2v) is 4.80. The summed E-state index contributed by atoms with van der Waals surface area (Å²) in [6, 6.07) is 2.08. The van der Waals surface area contributed by atoms with Crippen molar-refractivity contribution in [2.24, 2.45) is 13.0 Å². The van der Waals surface area contributed by atoms with Crippen molar-refractivity contribution in [3.8, 4) is 0 Å². The number of hydrogen-bond acceptors (Lipinski definition) is 2. The summed E-state index contributed by atoms with van der Waals surface area (Å²) in [7, 11) is 2.01. The Kier molecular flexibility index (Phi) is 3.94. The number of nitrogens with zero attached hydrogens (tertiary/aromatic N) is 1. The first kappa shape index (κ1) is 12.3. The molecule has 0 saturated heterocycles. The Hall–Kier alpha value is -0.800. The van der Waals surface area contributed by atoms with Crippen LogP contribution in [0.25, 0.3) is 0 Å². The van der Waals surface area contributed by atoms with Gasteiger partial charge in [0.25, 0.3) is 0 Å². The van der Waals surface area contributed by atoms with E-state index in [0.717, 1.165) is 6.54 Å². The van der Waals surface area contributed by atoms with Crippen molar-refractivity contribution in [1.82, 2.24) is 9.88 Å². The first-order valence-electron chi connectivity index (χ1n) is 5.46. The number of aryl methyl sites for hydroxylation is 1. The van der Waals surface area contributed by atoms with Crippen LogP contribution in [0.3, 0.4) is 0 Å². The third-order valence-corrected chi connectivity index (χ3v) is 2.95. The Labute approximate surface area is 92.1 Å². The molecule has 0 bridgehead atoms. The van der Waals surface area contributed by atoms with Gasteiger partial charge < -0.3 is 15.0 Å². The fourth-order valence-corrected chi connectivity index (χ4v) is 1.33. The Morgan fingerprint density at radius 3 is 2.67 bits per heavy atom. The summed E-state index contributed by atoms with van der Waals surface area (Å²) in [6.45, 7) is 7.37. The average Bonchev–Trinajstić information content (AvgIpc) is 2.51. The van der Waals surface area contributed by atoms with Crippen LogP contribution in [-0.2, 0) is 13.6 Å². The predicted octanol–water partition coefficient (Wildman–Crippen LogP) is 1.52. The smallest absolute Gasteiger partial charge is 0.0766 e. The lowest BCUT2D eigenvalue weighted by Gasteiger charge is -2.27. The minimum absolute atomic E-state index is 0.265. The highest BCUT2D eigenvalue weighted by atomic mass is 16.3. The summed E-state index contributed by atoms with van der Waals surface area (Å²) in [4.78, 5) is 0. The van der Waals surface area contributed by atoms with Crippen molar-refractivity contribution in [3.05, 3.63) is 24.0 Å². The first-order valence-corrected chi connectivity index (χ1v) is 5.46. The third kappa shape index (κ3) is 3.68. The zero-order chi connectivity index (χ0) is 11.5. The molecule has 0 radical (unpaired) electrons. The van der Waals surface area contributed by atoms with Crippen molar-refractivity contribution < 1.29 is 5.11 Å². The molecule has 3 heteroatoms. The quantitative estimate of drug-likeness (QED) is 0.773. The fourth-order valence-electron chi connectivity index (χ4n) is 1.33. The lowest BCUT2D eigenvalue weighted by Crippen LogP contribution is -2.41. The summed E-state index contributed by atoms with van der Waals surface area (Å²) in [5.41, 5.74) is 0.617. The third-order valence-electron chi connectivity index (χ3n) is 2.95. The molecule has 0 aliphatic rings.